The lowest BCUT2D eigenvalue weighted by Gasteiger charge is -2.19. The Labute approximate surface area is 178 Å². The molecule has 1 aliphatic heterocycles. The Morgan fingerprint density at radius 1 is 1.20 bits per heavy atom. The predicted molar refractivity (Wildman–Crippen MR) is 118 cm³/mol. The number of hydrogen-bond acceptors (Lipinski definition) is 6. The van der Waals surface area contributed by atoms with E-state index in [0.29, 0.717) is 53.0 Å². The van der Waals surface area contributed by atoms with Crippen molar-refractivity contribution in [1.29, 1.82) is 0 Å². The average Bonchev–Trinajstić information content (AvgIpc) is 2.76. The van der Waals surface area contributed by atoms with Crippen molar-refractivity contribution in [3.8, 4) is 11.5 Å². The van der Waals surface area contributed by atoms with Gasteiger partial charge in [0.05, 0.1) is 16.2 Å². The molecule has 2 aromatic carbocycles. The van der Waals surface area contributed by atoms with E-state index in [1.807, 2.05) is 25.1 Å². The SMILES string of the molecule is CCCn1c(SC(C)C(=O)Nc2ccc3c(c2)OCCO3)nc2ccccc2c1=O. The maximum atomic E-state index is 12.9. The van der Waals surface area contributed by atoms with E-state index in [1.54, 1.807) is 35.8 Å². The van der Waals surface area contributed by atoms with E-state index in [-0.39, 0.29) is 11.5 Å². The summed E-state index contributed by atoms with van der Waals surface area (Å²) in [5, 5.41) is 3.59. The lowest BCUT2D eigenvalue weighted by molar-refractivity contribution is -0.115. The highest BCUT2D eigenvalue weighted by Gasteiger charge is 2.20. The summed E-state index contributed by atoms with van der Waals surface area (Å²) in [6.07, 6.45) is 0.797. The van der Waals surface area contributed by atoms with E-state index in [1.165, 1.54) is 11.8 Å². The second-order valence-electron chi connectivity index (χ2n) is 6.98. The fourth-order valence-electron chi connectivity index (χ4n) is 3.24. The Bertz CT molecular complexity index is 1140. The molecule has 1 N–H and O–H groups in total. The van der Waals surface area contributed by atoms with Gasteiger partial charge in [0.2, 0.25) is 5.91 Å². The van der Waals surface area contributed by atoms with Crippen LogP contribution in [0.2, 0.25) is 0 Å². The molecular formula is C22H23N3O4S. The quantitative estimate of drug-likeness (QED) is 0.479. The molecule has 0 saturated heterocycles. The standard InChI is InChI=1S/C22H23N3O4S/c1-3-10-25-21(27)16-6-4-5-7-17(16)24-22(25)30-14(2)20(26)23-15-8-9-18-19(13-15)29-12-11-28-18/h4-9,13-14H,3,10-12H2,1-2H3,(H,23,26). The molecule has 1 unspecified atom stereocenters. The number of carbonyl (C=O) groups excluding carboxylic acids is 1. The maximum Gasteiger partial charge on any atom is 0.262 e. The van der Waals surface area contributed by atoms with Gasteiger partial charge in [-0.05, 0) is 37.6 Å². The summed E-state index contributed by atoms with van der Waals surface area (Å²) in [4.78, 5) is 30.3. The molecule has 1 atom stereocenters. The summed E-state index contributed by atoms with van der Waals surface area (Å²) in [5.41, 5.74) is 1.19. The van der Waals surface area contributed by atoms with Crippen LogP contribution in [0.3, 0.4) is 0 Å². The van der Waals surface area contributed by atoms with E-state index >= 15 is 0 Å². The van der Waals surface area contributed by atoms with E-state index in [2.05, 4.69) is 10.3 Å². The lowest BCUT2D eigenvalue weighted by Crippen LogP contribution is -2.27. The van der Waals surface area contributed by atoms with Gasteiger partial charge in [-0.2, -0.15) is 0 Å². The Morgan fingerprint density at radius 2 is 1.97 bits per heavy atom. The number of rotatable bonds is 6. The van der Waals surface area contributed by atoms with Gasteiger partial charge in [0.15, 0.2) is 16.7 Å². The van der Waals surface area contributed by atoms with Crippen molar-refractivity contribution in [3.63, 3.8) is 0 Å². The first-order valence-electron chi connectivity index (χ1n) is 9.93. The summed E-state index contributed by atoms with van der Waals surface area (Å²) in [6, 6.07) is 12.6. The second kappa shape index (κ2) is 8.79. The van der Waals surface area contributed by atoms with Gasteiger partial charge >= 0.3 is 0 Å². The van der Waals surface area contributed by atoms with Crippen LogP contribution in [0.25, 0.3) is 10.9 Å². The molecule has 1 aromatic heterocycles. The highest BCUT2D eigenvalue weighted by Crippen LogP contribution is 2.33. The fourth-order valence-corrected chi connectivity index (χ4v) is 4.17. The molecule has 0 radical (unpaired) electrons. The van der Waals surface area contributed by atoms with Gasteiger partial charge in [-0.25, -0.2) is 4.98 Å². The number of para-hydroxylation sites is 1. The molecule has 7 nitrogen and oxygen atoms in total. The van der Waals surface area contributed by atoms with Crippen LogP contribution in [0.1, 0.15) is 20.3 Å². The van der Waals surface area contributed by atoms with Gasteiger partial charge < -0.3 is 14.8 Å². The topological polar surface area (TPSA) is 82.5 Å². The minimum absolute atomic E-state index is 0.0793. The monoisotopic (exact) mass is 425 g/mol. The highest BCUT2D eigenvalue weighted by atomic mass is 32.2. The number of fused-ring (bicyclic) bond motifs is 2. The number of amides is 1. The van der Waals surface area contributed by atoms with Gasteiger partial charge in [-0.3, -0.25) is 14.2 Å². The number of anilines is 1. The molecular weight excluding hydrogens is 402 g/mol. The van der Waals surface area contributed by atoms with Crippen molar-refractivity contribution in [3.05, 3.63) is 52.8 Å². The van der Waals surface area contributed by atoms with E-state index < -0.39 is 5.25 Å². The van der Waals surface area contributed by atoms with Crippen LogP contribution >= 0.6 is 11.8 Å². The molecule has 2 heterocycles. The van der Waals surface area contributed by atoms with Gasteiger partial charge in [0, 0.05) is 18.3 Å². The number of thioether (sulfide) groups is 1. The predicted octanol–water partition coefficient (Wildman–Crippen LogP) is 3.70. The zero-order valence-corrected chi connectivity index (χ0v) is 17.7. The smallest absolute Gasteiger partial charge is 0.262 e. The summed E-state index contributed by atoms with van der Waals surface area (Å²) >= 11 is 1.28. The first-order chi connectivity index (χ1) is 14.6. The first kappa shape index (κ1) is 20.3. The van der Waals surface area contributed by atoms with Crippen molar-refractivity contribution in [2.24, 2.45) is 0 Å². The third-order valence-corrected chi connectivity index (χ3v) is 5.83. The molecule has 0 spiro atoms. The molecule has 1 aliphatic rings. The van der Waals surface area contributed by atoms with Crippen molar-refractivity contribution in [2.45, 2.75) is 37.2 Å². The number of aromatic nitrogens is 2. The maximum absolute atomic E-state index is 12.9. The molecule has 8 heteroatoms. The molecule has 30 heavy (non-hydrogen) atoms. The molecule has 1 amide bonds. The van der Waals surface area contributed by atoms with E-state index in [0.717, 1.165) is 6.42 Å². The Kier molecular flexibility index (Phi) is 5.94. The number of nitrogens with zero attached hydrogens (tertiary/aromatic N) is 2. The molecule has 4 rings (SSSR count). The summed E-state index contributed by atoms with van der Waals surface area (Å²) in [6.45, 7) is 5.36. The normalized spacial score (nSPS) is 13.8. The molecule has 0 bridgehead atoms. The van der Waals surface area contributed by atoms with Crippen molar-refractivity contribution in [1.82, 2.24) is 9.55 Å². The average molecular weight is 426 g/mol. The molecule has 0 fully saturated rings. The van der Waals surface area contributed by atoms with Crippen molar-refractivity contribution >= 4 is 34.3 Å². The molecule has 0 saturated carbocycles. The molecule has 3 aromatic rings. The summed E-state index contributed by atoms with van der Waals surface area (Å²) < 4.78 is 12.7. The minimum Gasteiger partial charge on any atom is -0.486 e. The molecule has 0 aliphatic carbocycles. The Balaban J connectivity index is 1.55. The lowest BCUT2D eigenvalue weighted by atomic mass is 10.2. The highest BCUT2D eigenvalue weighted by molar-refractivity contribution is 8.00. The summed E-state index contributed by atoms with van der Waals surface area (Å²) in [5.74, 6) is 1.11. The third-order valence-electron chi connectivity index (χ3n) is 4.73. The van der Waals surface area contributed by atoms with Gasteiger partial charge in [-0.15, -0.1) is 0 Å². The van der Waals surface area contributed by atoms with Gasteiger partial charge in [-0.1, -0.05) is 30.8 Å². The van der Waals surface area contributed by atoms with E-state index in [9.17, 15) is 9.59 Å². The fraction of sp³-hybridized carbons (Fsp3) is 0.318. The third kappa shape index (κ3) is 4.14. The number of carbonyl (C=O) groups is 1. The van der Waals surface area contributed by atoms with Gasteiger partial charge in [0.1, 0.15) is 13.2 Å². The van der Waals surface area contributed by atoms with Crippen molar-refractivity contribution < 1.29 is 14.3 Å². The van der Waals surface area contributed by atoms with Crippen molar-refractivity contribution in [2.75, 3.05) is 18.5 Å². The van der Waals surface area contributed by atoms with Crippen LogP contribution in [0.5, 0.6) is 11.5 Å². The molecule has 156 valence electrons. The van der Waals surface area contributed by atoms with Crippen LogP contribution in [0.15, 0.2) is 52.4 Å². The van der Waals surface area contributed by atoms with Gasteiger partial charge in [0.25, 0.3) is 5.56 Å². The second-order valence-corrected chi connectivity index (χ2v) is 8.28. The minimum atomic E-state index is -0.450. The zero-order chi connectivity index (χ0) is 21.1. The van der Waals surface area contributed by atoms with Crippen LogP contribution in [-0.4, -0.2) is 33.9 Å². The Hall–Kier alpha value is -3.00. The largest absolute Gasteiger partial charge is 0.486 e. The summed E-state index contributed by atoms with van der Waals surface area (Å²) in [7, 11) is 0. The van der Waals surface area contributed by atoms with Crippen LogP contribution in [0, 0.1) is 0 Å². The first-order valence-corrected chi connectivity index (χ1v) is 10.8. The zero-order valence-electron chi connectivity index (χ0n) is 16.9. The van der Waals surface area contributed by atoms with Crippen LogP contribution in [0.4, 0.5) is 5.69 Å². The number of nitrogens with one attached hydrogen (secondary N) is 1. The number of benzene rings is 2. The van der Waals surface area contributed by atoms with E-state index in [4.69, 9.17) is 9.47 Å². The van der Waals surface area contributed by atoms with Crippen LogP contribution in [-0.2, 0) is 11.3 Å². The Morgan fingerprint density at radius 3 is 2.77 bits per heavy atom. The van der Waals surface area contributed by atoms with Crippen LogP contribution < -0.4 is 20.3 Å². The number of ether oxygens (including phenoxy) is 2. The number of hydrogen-bond donors (Lipinski definition) is 1.